The maximum absolute atomic E-state index is 14.6. The van der Waals surface area contributed by atoms with E-state index >= 15 is 0 Å². The molecule has 2 amide bonds. The van der Waals surface area contributed by atoms with E-state index in [0.717, 1.165) is 27.3 Å². The summed E-state index contributed by atoms with van der Waals surface area (Å²) in [6, 6.07) is 19.4. The summed E-state index contributed by atoms with van der Waals surface area (Å²) in [4.78, 5) is 28.1. The summed E-state index contributed by atoms with van der Waals surface area (Å²) in [6.45, 7) is 2.93. The SMILES string of the molecule is CNC(=O)[C@@H](Cc1ccccc1)N(Cc1ccccc1F)C(=O)CN(c1cc(C)cc(C)c1)S(C)(=O)=O. The average molecular weight is 526 g/mol. The second-order valence-electron chi connectivity index (χ2n) is 9.05. The monoisotopic (exact) mass is 525 g/mol. The maximum atomic E-state index is 14.6. The van der Waals surface area contributed by atoms with Gasteiger partial charge in [-0.3, -0.25) is 13.9 Å². The van der Waals surface area contributed by atoms with Crippen LogP contribution in [-0.2, 0) is 32.6 Å². The van der Waals surface area contributed by atoms with E-state index in [1.807, 2.05) is 50.2 Å². The predicted octanol–water partition coefficient (Wildman–Crippen LogP) is 3.59. The lowest BCUT2D eigenvalue weighted by Gasteiger charge is -2.33. The molecular formula is C28H32FN3O4S. The topological polar surface area (TPSA) is 86.8 Å². The molecule has 3 aromatic rings. The number of sulfonamides is 1. The van der Waals surface area contributed by atoms with E-state index in [9.17, 15) is 22.4 Å². The van der Waals surface area contributed by atoms with Gasteiger partial charge in [0.15, 0.2) is 0 Å². The van der Waals surface area contributed by atoms with Crippen molar-refractivity contribution in [2.24, 2.45) is 0 Å². The Balaban J connectivity index is 2.06. The number of likely N-dealkylation sites (N-methyl/N-ethyl adjacent to an activating group) is 1. The van der Waals surface area contributed by atoms with Crippen molar-refractivity contribution in [2.45, 2.75) is 32.9 Å². The molecule has 0 radical (unpaired) electrons. The number of rotatable bonds is 10. The summed E-state index contributed by atoms with van der Waals surface area (Å²) in [5.41, 5.74) is 3.05. The summed E-state index contributed by atoms with van der Waals surface area (Å²) in [6.07, 6.45) is 1.20. The largest absolute Gasteiger partial charge is 0.357 e. The van der Waals surface area contributed by atoms with E-state index in [4.69, 9.17) is 0 Å². The van der Waals surface area contributed by atoms with Gasteiger partial charge in [-0.1, -0.05) is 54.6 Å². The molecule has 7 nitrogen and oxygen atoms in total. The van der Waals surface area contributed by atoms with Crippen LogP contribution in [0.1, 0.15) is 22.3 Å². The van der Waals surface area contributed by atoms with Gasteiger partial charge >= 0.3 is 0 Å². The Morgan fingerprint density at radius 2 is 1.54 bits per heavy atom. The van der Waals surface area contributed by atoms with Crippen LogP contribution in [0.15, 0.2) is 72.8 Å². The minimum atomic E-state index is -3.86. The van der Waals surface area contributed by atoms with Crippen molar-refractivity contribution < 1.29 is 22.4 Å². The molecule has 196 valence electrons. The second-order valence-corrected chi connectivity index (χ2v) is 11.0. The van der Waals surface area contributed by atoms with Gasteiger partial charge in [0, 0.05) is 25.6 Å². The molecule has 0 saturated heterocycles. The number of aryl methyl sites for hydroxylation is 2. The van der Waals surface area contributed by atoms with Crippen molar-refractivity contribution in [3.63, 3.8) is 0 Å². The number of carbonyl (C=O) groups excluding carboxylic acids is 2. The molecule has 0 unspecified atom stereocenters. The van der Waals surface area contributed by atoms with E-state index in [0.29, 0.717) is 5.69 Å². The van der Waals surface area contributed by atoms with E-state index in [2.05, 4.69) is 5.32 Å². The summed E-state index contributed by atoms with van der Waals surface area (Å²) in [5, 5.41) is 2.59. The van der Waals surface area contributed by atoms with Gasteiger partial charge in [-0.15, -0.1) is 0 Å². The van der Waals surface area contributed by atoms with Crippen LogP contribution >= 0.6 is 0 Å². The molecule has 0 aliphatic heterocycles. The Morgan fingerprint density at radius 1 is 0.946 bits per heavy atom. The van der Waals surface area contributed by atoms with Crippen LogP contribution in [0.2, 0.25) is 0 Å². The van der Waals surface area contributed by atoms with Gasteiger partial charge in [0.1, 0.15) is 18.4 Å². The zero-order valence-electron chi connectivity index (χ0n) is 21.4. The molecular weight excluding hydrogens is 493 g/mol. The summed E-state index contributed by atoms with van der Waals surface area (Å²) in [5.74, 6) is -1.59. The van der Waals surface area contributed by atoms with Crippen molar-refractivity contribution in [3.05, 3.63) is 101 Å². The third-order valence-corrected chi connectivity index (χ3v) is 7.13. The number of carbonyl (C=O) groups is 2. The van der Waals surface area contributed by atoms with Crippen molar-refractivity contribution in [3.8, 4) is 0 Å². The first-order chi connectivity index (χ1) is 17.5. The van der Waals surface area contributed by atoms with Gasteiger partial charge < -0.3 is 10.2 Å². The Kier molecular flexibility index (Phi) is 9.04. The molecule has 3 aromatic carbocycles. The highest BCUT2D eigenvalue weighted by Crippen LogP contribution is 2.23. The molecule has 1 atom stereocenters. The third kappa shape index (κ3) is 7.39. The fraction of sp³-hybridized carbons (Fsp3) is 0.286. The molecule has 0 aliphatic rings. The van der Waals surface area contributed by atoms with E-state index in [-0.39, 0.29) is 18.5 Å². The number of halogens is 1. The third-order valence-electron chi connectivity index (χ3n) is 5.99. The number of nitrogens with one attached hydrogen (secondary N) is 1. The minimum absolute atomic E-state index is 0.170. The fourth-order valence-corrected chi connectivity index (χ4v) is 5.07. The molecule has 0 saturated carbocycles. The van der Waals surface area contributed by atoms with Gasteiger partial charge in [0.25, 0.3) is 0 Å². The van der Waals surface area contributed by atoms with Crippen LogP contribution < -0.4 is 9.62 Å². The lowest BCUT2D eigenvalue weighted by molar-refractivity contribution is -0.139. The Bertz CT molecular complexity index is 1340. The molecule has 3 rings (SSSR count). The normalized spacial score (nSPS) is 12.0. The molecule has 0 fully saturated rings. The number of benzene rings is 3. The van der Waals surface area contributed by atoms with E-state index in [1.54, 1.807) is 18.2 Å². The number of anilines is 1. The minimum Gasteiger partial charge on any atom is -0.357 e. The van der Waals surface area contributed by atoms with Gasteiger partial charge in [-0.05, 0) is 48.7 Å². The van der Waals surface area contributed by atoms with Crippen molar-refractivity contribution >= 4 is 27.5 Å². The lowest BCUT2D eigenvalue weighted by atomic mass is 10.0. The van der Waals surface area contributed by atoms with Crippen LogP contribution in [0.4, 0.5) is 10.1 Å². The number of amides is 2. The van der Waals surface area contributed by atoms with Crippen molar-refractivity contribution in [1.82, 2.24) is 10.2 Å². The zero-order chi connectivity index (χ0) is 27.2. The van der Waals surface area contributed by atoms with Crippen LogP contribution in [0.25, 0.3) is 0 Å². The summed E-state index contributed by atoms with van der Waals surface area (Å²) in [7, 11) is -2.40. The van der Waals surface area contributed by atoms with E-state index < -0.39 is 40.2 Å². The molecule has 1 N–H and O–H groups in total. The van der Waals surface area contributed by atoms with Crippen molar-refractivity contribution in [1.29, 1.82) is 0 Å². The van der Waals surface area contributed by atoms with Gasteiger partial charge in [-0.25, -0.2) is 12.8 Å². The Morgan fingerprint density at radius 3 is 2.11 bits per heavy atom. The Hall–Kier alpha value is -3.72. The Labute approximate surface area is 218 Å². The molecule has 0 aliphatic carbocycles. The van der Waals surface area contributed by atoms with Crippen LogP contribution in [0, 0.1) is 19.7 Å². The van der Waals surface area contributed by atoms with Gasteiger partial charge in [0.05, 0.1) is 11.9 Å². The first-order valence-corrected chi connectivity index (χ1v) is 13.7. The van der Waals surface area contributed by atoms with Crippen molar-refractivity contribution in [2.75, 3.05) is 24.2 Å². The van der Waals surface area contributed by atoms with Crippen LogP contribution in [0.3, 0.4) is 0 Å². The molecule has 0 spiro atoms. The molecule has 0 heterocycles. The first kappa shape index (κ1) is 27.9. The second kappa shape index (κ2) is 12.0. The summed E-state index contributed by atoms with van der Waals surface area (Å²) >= 11 is 0. The predicted molar refractivity (Wildman–Crippen MR) is 143 cm³/mol. The highest BCUT2D eigenvalue weighted by molar-refractivity contribution is 7.92. The molecule has 0 bridgehead atoms. The zero-order valence-corrected chi connectivity index (χ0v) is 22.3. The quantitative estimate of drug-likeness (QED) is 0.438. The maximum Gasteiger partial charge on any atom is 0.244 e. The number of hydrogen-bond acceptors (Lipinski definition) is 4. The van der Waals surface area contributed by atoms with Gasteiger partial charge in [-0.2, -0.15) is 0 Å². The standard InChI is InChI=1S/C28H32FN3O4S/c1-20-14-21(2)16-24(15-20)32(37(4,35)36)19-27(33)31(18-23-12-8-9-13-25(23)29)26(28(34)30-3)17-22-10-6-5-7-11-22/h5-16,26H,17-19H2,1-4H3,(H,30,34)/t26-/m1/s1. The fourth-order valence-electron chi connectivity index (χ4n) is 4.24. The van der Waals surface area contributed by atoms with Gasteiger partial charge in [0.2, 0.25) is 21.8 Å². The molecule has 37 heavy (non-hydrogen) atoms. The number of hydrogen-bond donors (Lipinski definition) is 1. The lowest BCUT2D eigenvalue weighted by Crippen LogP contribution is -2.53. The highest BCUT2D eigenvalue weighted by Gasteiger charge is 2.33. The molecule has 0 aromatic heterocycles. The smallest absolute Gasteiger partial charge is 0.244 e. The van der Waals surface area contributed by atoms with Crippen LogP contribution in [-0.4, -0.2) is 51.0 Å². The molecule has 9 heteroatoms. The highest BCUT2D eigenvalue weighted by atomic mass is 32.2. The first-order valence-electron chi connectivity index (χ1n) is 11.8. The van der Waals surface area contributed by atoms with Crippen LogP contribution in [0.5, 0.6) is 0 Å². The number of nitrogens with zero attached hydrogens (tertiary/aromatic N) is 2. The summed E-state index contributed by atoms with van der Waals surface area (Å²) < 4.78 is 41.3. The van der Waals surface area contributed by atoms with E-state index in [1.165, 1.54) is 30.1 Å². The average Bonchev–Trinajstić information content (AvgIpc) is 2.84.